The highest BCUT2D eigenvalue weighted by molar-refractivity contribution is 5.90. The standard InChI is InChI=1S/C36H50O2/c1-7-26-12-9-13-27(22-26)34(37)38-29-18-20-35(5)28(23-29)14-15-30-32-17-16-31(25(4)11-8-10-24(2)3)36(32,6)21-19-33(30)35/h1,9,12-14,22,24-25,29-33H,8,10-11,15-21,23H2,2-6H3/t25-,29+,30+,31-,32+,33+,35+,36-/m1/s1. The van der Waals surface area contributed by atoms with Gasteiger partial charge < -0.3 is 4.74 Å². The molecule has 0 aliphatic heterocycles. The van der Waals surface area contributed by atoms with Crippen molar-refractivity contribution in [3.63, 3.8) is 0 Å². The van der Waals surface area contributed by atoms with Crippen LogP contribution in [-0.4, -0.2) is 12.1 Å². The maximum atomic E-state index is 12.9. The van der Waals surface area contributed by atoms with Gasteiger partial charge in [-0.2, -0.15) is 0 Å². The molecule has 0 amide bonds. The number of allylic oxidation sites excluding steroid dienone is 1. The lowest BCUT2D eigenvalue weighted by atomic mass is 9.47. The minimum atomic E-state index is -0.238. The normalized spacial score (nSPS) is 36.9. The molecule has 1 aromatic rings. The van der Waals surface area contributed by atoms with Crippen LogP contribution >= 0.6 is 0 Å². The molecule has 2 nitrogen and oxygen atoms in total. The number of fused-ring (bicyclic) bond motifs is 5. The summed E-state index contributed by atoms with van der Waals surface area (Å²) in [5, 5.41) is 0. The van der Waals surface area contributed by atoms with Crippen molar-refractivity contribution >= 4 is 5.97 Å². The zero-order valence-electron chi connectivity index (χ0n) is 24.6. The molecule has 0 saturated heterocycles. The lowest BCUT2D eigenvalue weighted by molar-refractivity contribution is -0.0594. The Hall–Kier alpha value is -2.01. The lowest BCUT2D eigenvalue weighted by Crippen LogP contribution is -2.51. The Labute approximate surface area is 232 Å². The largest absolute Gasteiger partial charge is 0.458 e. The summed E-state index contributed by atoms with van der Waals surface area (Å²) in [6.07, 6.45) is 22.2. The van der Waals surface area contributed by atoms with Gasteiger partial charge in [-0.1, -0.05) is 77.5 Å². The molecule has 3 fully saturated rings. The molecular weight excluding hydrogens is 464 g/mol. The van der Waals surface area contributed by atoms with Crippen LogP contribution in [0.2, 0.25) is 0 Å². The first-order valence-electron chi connectivity index (χ1n) is 15.6. The first kappa shape index (κ1) is 27.6. The molecule has 4 aliphatic carbocycles. The second kappa shape index (κ2) is 10.9. The molecule has 206 valence electrons. The smallest absolute Gasteiger partial charge is 0.338 e. The van der Waals surface area contributed by atoms with Crippen LogP contribution in [0.15, 0.2) is 35.9 Å². The number of hydrogen-bond acceptors (Lipinski definition) is 2. The molecule has 2 heteroatoms. The Morgan fingerprint density at radius 2 is 1.89 bits per heavy atom. The second-order valence-electron chi connectivity index (χ2n) is 14.3. The van der Waals surface area contributed by atoms with Crippen molar-refractivity contribution in [3.8, 4) is 12.3 Å². The molecule has 8 atom stereocenters. The van der Waals surface area contributed by atoms with Crippen LogP contribution < -0.4 is 0 Å². The zero-order chi connectivity index (χ0) is 27.1. The number of terminal acetylenes is 1. The first-order chi connectivity index (χ1) is 18.2. The topological polar surface area (TPSA) is 26.3 Å². The first-order valence-corrected chi connectivity index (χ1v) is 15.6. The second-order valence-corrected chi connectivity index (χ2v) is 14.3. The van der Waals surface area contributed by atoms with Gasteiger partial charge in [-0.05, 0) is 109 Å². The Kier molecular flexibility index (Phi) is 7.88. The fraction of sp³-hybridized carbons (Fsp3) is 0.694. The van der Waals surface area contributed by atoms with Crippen molar-refractivity contribution in [2.24, 2.45) is 46.3 Å². The summed E-state index contributed by atoms with van der Waals surface area (Å²) in [5.41, 5.74) is 3.66. The van der Waals surface area contributed by atoms with E-state index in [0.717, 1.165) is 60.3 Å². The number of benzene rings is 1. The Balaban J connectivity index is 1.25. The van der Waals surface area contributed by atoms with E-state index >= 15 is 0 Å². The average molecular weight is 515 g/mol. The summed E-state index contributed by atoms with van der Waals surface area (Å²) in [6, 6.07) is 7.25. The molecule has 0 bridgehead atoms. The van der Waals surface area contributed by atoms with Crippen molar-refractivity contribution in [1.82, 2.24) is 0 Å². The Morgan fingerprint density at radius 3 is 2.66 bits per heavy atom. The molecule has 1 aromatic carbocycles. The minimum Gasteiger partial charge on any atom is -0.458 e. The maximum Gasteiger partial charge on any atom is 0.338 e. The number of rotatable bonds is 7. The average Bonchev–Trinajstić information content (AvgIpc) is 3.26. The minimum absolute atomic E-state index is 0.0238. The monoisotopic (exact) mass is 514 g/mol. The SMILES string of the molecule is C#Cc1cccc(C(=O)O[C@H]2CC[C@@]3(C)C(=CC[C@H]4[C@@H]5CC[C@H]([C@H](C)CCCC(C)C)[C@@]5(C)CC[C@@H]43)C2)c1. The Bertz CT molecular complexity index is 1090. The van der Waals surface area contributed by atoms with Crippen LogP contribution in [0.3, 0.4) is 0 Å². The highest BCUT2D eigenvalue weighted by atomic mass is 16.5. The summed E-state index contributed by atoms with van der Waals surface area (Å²) in [4.78, 5) is 12.9. The van der Waals surface area contributed by atoms with Crippen molar-refractivity contribution in [2.75, 3.05) is 0 Å². The Morgan fingerprint density at radius 1 is 1.08 bits per heavy atom. The summed E-state index contributed by atoms with van der Waals surface area (Å²) < 4.78 is 6.03. The van der Waals surface area contributed by atoms with Crippen molar-refractivity contribution in [2.45, 2.75) is 111 Å². The van der Waals surface area contributed by atoms with E-state index in [1.54, 1.807) is 17.7 Å². The predicted molar refractivity (Wildman–Crippen MR) is 157 cm³/mol. The van der Waals surface area contributed by atoms with Gasteiger partial charge >= 0.3 is 5.97 Å². The molecule has 0 spiro atoms. The third-order valence-corrected chi connectivity index (χ3v) is 11.8. The van der Waals surface area contributed by atoms with E-state index in [9.17, 15) is 4.79 Å². The predicted octanol–water partition coefficient (Wildman–Crippen LogP) is 9.23. The van der Waals surface area contributed by atoms with E-state index in [1.165, 1.54) is 51.4 Å². The maximum absolute atomic E-state index is 12.9. The molecule has 38 heavy (non-hydrogen) atoms. The summed E-state index contributed by atoms with van der Waals surface area (Å²) in [6.45, 7) is 12.5. The van der Waals surface area contributed by atoms with Crippen molar-refractivity contribution in [3.05, 3.63) is 47.0 Å². The molecule has 4 aliphatic rings. The molecule has 0 unspecified atom stereocenters. The van der Waals surface area contributed by atoms with E-state index in [-0.39, 0.29) is 17.5 Å². The van der Waals surface area contributed by atoms with Gasteiger partial charge in [0.25, 0.3) is 0 Å². The number of carbonyl (C=O) groups is 1. The highest BCUT2D eigenvalue weighted by Gasteiger charge is 2.59. The van der Waals surface area contributed by atoms with Crippen LogP contribution in [0.4, 0.5) is 0 Å². The lowest BCUT2D eigenvalue weighted by Gasteiger charge is -2.58. The number of hydrogen-bond donors (Lipinski definition) is 0. The zero-order valence-corrected chi connectivity index (χ0v) is 24.6. The molecule has 5 rings (SSSR count). The number of carbonyl (C=O) groups excluding carboxylic acids is 1. The van der Waals surface area contributed by atoms with Crippen LogP contribution in [0.1, 0.15) is 121 Å². The molecule has 0 heterocycles. The summed E-state index contributed by atoms with van der Waals surface area (Å²) in [7, 11) is 0. The number of esters is 1. The third-order valence-electron chi connectivity index (χ3n) is 11.8. The van der Waals surface area contributed by atoms with Crippen molar-refractivity contribution < 1.29 is 9.53 Å². The van der Waals surface area contributed by atoms with Crippen LogP contribution in [0.5, 0.6) is 0 Å². The van der Waals surface area contributed by atoms with E-state index < -0.39 is 0 Å². The third kappa shape index (κ3) is 5.00. The van der Waals surface area contributed by atoms with Gasteiger partial charge in [0.15, 0.2) is 0 Å². The van der Waals surface area contributed by atoms with Crippen LogP contribution in [-0.2, 0) is 4.74 Å². The molecule has 0 N–H and O–H groups in total. The van der Waals surface area contributed by atoms with E-state index in [2.05, 4.69) is 46.6 Å². The summed E-state index contributed by atoms with van der Waals surface area (Å²) in [5.74, 6) is 7.48. The van der Waals surface area contributed by atoms with Gasteiger partial charge in [0.1, 0.15) is 6.10 Å². The highest BCUT2D eigenvalue weighted by Crippen LogP contribution is 2.67. The van der Waals surface area contributed by atoms with E-state index in [0.29, 0.717) is 11.0 Å². The van der Waals surface area contributed by atoms with E-state index in [4.69, 9.17) is 11.2 Å². The quantitative estimate of drug-likeness (QED) is 0.206. The fourth-order valence-corrected chi connectivity index (χ4v) is 9.71. The summed E-state index contributed by atoms with van der Waals surface area (Å²) >= 11 is 0. The van der Waals surface area contributed by atoms with Gasteiger partial charge in [0.05, 0.1) is 5.56 Å². The van der Waals surface area contributed by atoms with Gasteiger partial charge in [-0.25, -0.2) is 4.79 Å². The molecular formula is C36H50O2. The molecule has 3 saturated carbocycles. The van der Waals surface area contributed by atoms with Gasteiger partial charge in [-0.3, -0.25) is 0 Å². The van der Waals surface area contributed by atoms with Gasteiger partial charge in [-0.15, -0.1) is 6.42 Å². The molecule has 0 aromatic heterocycles. The van der Waals surface area contributed by atoms with Gasteiger partial charge in [0, 0.05) is 12.0 Å². The molecule has 0 radical (unpaired) electrons. The number of ether oxygens (including phenoxy) is 1. The van der Waals surface area contributed by atoms with Crippen molar-refractivity contribution in [1.29, 1.82) is 0 Å². The van der Waals surface area contributed by atoms with Crippen LogP contribution in [0, 0.1) is 58.7 Å². The van der Waals surface area contributed by atoms with E-state index in [1.807, 2.05) is 12.1 Å². The fourth-order valence-electron chi connectivity index (χ4n) is 9.71. The van der Waals surface area contributed by atoms with Gasteiger partial charge in [0.2, 0.25) is 0 Å². The van der Waals surface area contributed by atoms with Crippen LogP contribution in [0.25, 0.3) is 0 Å².